The van der Waals surface area contributed by atoms with Gasteiger partial charge in [-0.05, 0) is 48.9 Å². The minimum Gasteiger partial charge on any atom is -0.493 e. The Labute approximate surface area is 198 Å². The monoisotopic (exact) mass is 488 g/mol. The Morgan fingerprint density at radius 2 is 1.58 bits per heavy atom. The van der Waals surface area contributed by atoms with Crippen LogP contribution < -0.4 is 19.1 Å². The van der Waals surface area contributed by atoms with E-state index in [9.17, 15) is 13.2 Å². The van der Waals surface area contributed by atoms with E-state index in [0.717, 1.165) is 15.4 Å². The molecule has 0 saturated carbocycles. The van der Waals surface area contributed by atoms with E-state index < -0.39 is 22.5 Å². The second-order valence-electron chi connectivity index (χ2n) is 7.27. The fourth-order valence-electron chi connectivity index (χ4n) is 3.12. The van der Waals surface area contributed by atoms with Gasteiger partial charge < -0.3 is 14.8 Å². The van der Waals surface area contributed by atoms with Crippen LogP contribution >= 0.6 is 11.6 Å². The van der Waals surface area contributed by atoms with Crippen LogP contribution in [0.15, 0.2) is 71.6 Å². The van der Waals surface area contributed by atoms with Crippen molar-refractivity contribution in [3.63, 3.8) is 0 Å². The van der Waals surface area contributed by atoms with Crippen LogP contribution in [0.3, 0.4) is 0 Å². The van der Waals surface area contributed by atoms with Gasteiger partial charge in [-0.2, -0.15) is 0 Å². The number of carbonyl (C=O) groups is 1. The first-order chi connectivity index (χ1) is 15.7. The van der Waals surface area contributed by atoms with Crippen molar-refractivity contribution in [2.24, 2.45) is 0 Å². The molecule has 0 aromatic heterocycles. The van der Waals surface area contributed by atoms with E-state index in [4.69, 9.17) is 21.1 Å². The molecule has 1 N–H and O–H groups in total. The van der Waals surface area contributed by atoms with Gasteiger partial charge in [0.05, 0.1) is 24.8 Å². The molecule has 3 aromatic carbocycles. The van der Waals surface area contributed by atoms with Gasteiger partial charge >= 0.3 is 0 Å². The number of ether oxygens (including phenoxy) is 2. The van der Waals surface area contributed by atoms with Crippen LogP contribution in [0, 0.1) is 6.92 Å². The highest BCUT2D eigenvalue weighted by Crippen LogP contribution is 2.33. The highest BCUT2D eigenvalue weighted by molar-refractivity contribution is 7.92. The molecule has 3 aromatic rings. The molecule has 0 fully saturated rings. The second kappa shape index (κ2) is 10.6. The van der Waals surface area contributed by atoms with Crippen molar-refractivity contribution >= 4 is 33.2 Å². The summed E-state index contributed by atoms with van der Waals surface area (Å²) >= 11 is 5.90. The molecule has 174 valence electrons. The normalized spacial score (nSPS) is 11.0. The summed E-state index contributed by atoms with van der Waals surface area (Å²) in [5.41, 5.74) is 2.04. The molecule has 0 heterocycles. The Bertz CT molecular complexity index is 1210. The number of methoxy groups -OCH3 is 2. The molecular weight excluding hydrogens is 464 g/mol. The fourth-order valence-corrected chi connectivity index (χ4v) is 4.66. The van der Waals surface area contributed by atoms with E-state index in [1.165, 1.54) is 32.4 Å². The van der Waals surface area contributed by atoms with Crippen molar-refractivity contribution in [3.05, 3.63) is 82.9 Å². The van der Waals surface area contributed by atoms with Crippen molar-refractivity contribution in [2.45, 2.75) is 18.4 Å². The Morgan fingerprint density at radius 3 is 2.18 bits per heavy atom. The number of carbonyl (C=O) groups excluding carboxylic acids is 1. The summed E-state index contributed by atoms with van der Waals surface area (Å²) in [6.45, 7) is 1.69. The van der Waals surface area contributed by atoms with E-state index in [0.29, 0.717) is 16.5 Å². The Kier molecular flexibility index (Phi) is 7.84. The van der Waals surface area contributed by atoms with Crippen molar-refractivity contribution in [3.8, 4) is 11.5 Å². The van der Waals surface area contributed by atoms with Gasteiger partial charge in [-0.25, -0.2) is 8.42 Å². The van der Waals surface area contributed by atoms with Gasteiger partial charge in [-0.3, -0.25) is 9.10 Å². The summed E-state index contributed by atoms with van der Waals surface area (Å²) in [4.78, 5) is 12.9. The van der Waals surface area contributed by atoms with Crippen LogP contribution in [0.4, 0.5) is 5.69 Å². The van der Waals surface area contributed by atoms with Gasteiger partial charge in [-0.1, -0.05) is 41.4 Å². The van der Waals surface area contributed by atoms with Crippen LogP contribution in [0.2, 0.25) is 5.02 Å². The average Bonchev–Trinajstić information content (AvgIpc) is 2.82. The molecular formula is C24H25ClN2O5S. The minimum atomic E-state index is -4.04. The molecule has 1 amide bonds. The molecule has 0 aliphatic carbocycles. The number of benzene rings is 3. The van der Waals surface area contributed by atoms with Crippen molar-refractivity contribution in [2.75, 3.05) is 25.1 Å². The van der Waals surface area contributed by atoms with Gasteiger partial charge in [0.2, 0.25) is 5.91 Å². The summed E-state index contributed by atoms with van der Waals surface area (Å²) in [7, 11) is -1.09. The molecule has 0 spiro atoms. The van der Waals surface area contributed by atoms with Gasteiger partial charge in [0.25, 0.3) is 10.0 Å². The molecule has 33 heavy (non-hydrogen) atoms. The number of hydrogen-bond donors (Lipinski definition) is 1. The van der Waals surface area contributed by atoms with E-state index >= 15 is 0 Å². The van der Waals surface area contributed by atoms with E-state index in [1.54, 1.807) is 48.5 Å². The topological polar surface area (TPSA) is 84.9 Å². The van der Waals surface area contributed by atoms with Crippen molar-refractivity contribution in [1.29, 1.82) is 0 Å². The summed E-state index contributed by atoms with van der Waals surface area (Å²) in [6.07, 6.45) is 0. The van der Waals surface area contributed by atoms with Crippen LogP contribution in [-0.2, 0) is 21.4 Å². The molecule has 9 heteroatoms. The average molecular weight is 489 g/mol. The summed E-state index contributed by atoms with van der Waals surface area (Å²) in [5, 5.41) is 3.35. The second-order valence-corrected chi connectivity index (χ2v) is 9.57. The maximum absolute atomic E-state index is 13.5. The van der Waals surface area contributed by atoms with Crippen LogP contribution in [-0.4, -0.2) is 35.1 Å². The molecule has 0 aliphatic heterocycles. The molecule has 3 rings (SSSR count). The molecule has 0 saturated heterocycles. The van der Waals surface area contributed by atoms with Crippen molar-refractivity contribution < 1.29 is 22.7 Å². The van der Waals surface area contributed by atoms with Gasteiger partial charge in [0.15, 0.2) is 11.5 Å². The summed E-state index contributed by atoms with van der Waals surface area (Å²) in [5.74, 6) is 0.331. The number of aryl methyl sites for hydroxylation is 1. The number of halogens is 1. The van der Waals surface area contributed by atoms with E-state index in [-0.39, 0.29) is 17.1 Å². The Hall–Kier alpha value is -3.23. The van der Waals surface area contributed by atoms with E-state index in [2.05, 4.69) is 5.32 Å². The Morgan fingerprint density at radius 1 is 0.939 bits per heavy atom. The lowest BCUT2D eigenvalue weighted by Gasteiger charge is -2.25. The van der Waals surface area contributed by atoms with Gasteiger partial charge in [-0.15, -0.1) is 0 Å². The van der Waals surface area contributed by atoms with Crippen molar-refractivity contribution in [1.82, 2.24) is 5.32 Å². The maximum Gasteiger partial charge on any atom is 0.264 e. The smallest absolute Gasteiger partial charge is 0.264 e. The van der Waals surface area contributed by atoms with Gasteiger partial charge in [0.1, 0.15) is 6.54 Å². The number of anilines is 1. The predicted octanol–water partition coefficient (Wildman–Crippen LogP) is 4.18. The fraction of sp³-hybridized carbons (Fsp3) is 0.208. The van der Waals surface area contributed by atoms with Crippen LogP contribution in [0.5, 0.6) is 11.5 Å². The third-order valence-corrected chi connectivity index (χ3v) is 6.99. The third kappa shape index (κ3) is 5.97. The number of nitrogens with one attached hydrogen (secondary N) is 1. The summed E-state index contributed by atoms with van der Waals surface area (Å²) in [6, 6.07) is 18.2. The first-order valence-corrected chi connectivity index (χ1v) is 11.9. The number of hydrogen-bond acceptors (Lipinski definition) is 5. The van der Waals surface area contributed by atoms with Gasteiger partial charge in [0, 0.05) is 17.6 Å². The Balaban J connectivity index is 1.92. The van der Waals surface area contributed by atoms with Crippen LogP contribution in [0.25, 0.3) is 0 Å². The standard InChI is InChI=1S/C24H25ClN2O5S/c1-17-4-11-21(12-5-17)33(29,30)27(20-10-13-22(31-2)23(14-20)32-3)16-24(28)26-15-18-6-8-19(25)9-7-18/h4-14H,15-16H2,1-3H3,(H,26,28). The molecule has 0 radical (unpaired) electrons. The molecule has 0 aliphatic rings. The lowest BCUT2D eigenvalue weighted by molar-refractivity contribution is -0.119. The third-order valence-electron chi connectivity index (χ3n) is 4.95. The maximum atomic E-state index is 13.5. The minimum absolute atomic E-state index is 0.0772. The highest BCUT2D eigenvalue weighted by atomic mass is 35.5. The largest absolute Gasteiger partial charge is 0.493 e. The number of amides is 1. The molecule has 0 unspecified atom stereocenters. The molecule has 7 nitrogen and oxygen atoms in total. The zero-order chi connectivity index (χ0) is 24.0. The highest BCUT2D eigenvalue weighted by Gasteiger charge is 2.28. The molecule has 0 atom stereocenters. The lowest BCUT2D eigenvalue weighted by Crippen LogP contribution is -2.40. The zero-order valence-corrected chi connectivity index (χ0v) is 20.1. The first kappa shape index (κ1) is 24.4. The number of sulfonamides is 1. The predicted molar refractivity (Wildman–Crippen MR) is 129 cm³/mol. The lowest BCUT2D eigenvalue weighted by atomic mass is 10.2. The first-order valence-electron chi connectivity index (χ1n) is 10.1. The SMILES string of the molecule is COc1ccc(N(CC(=O)NCc2ccc(Cl)cc2)S(=O)(=O)c2ccc(C)cc2)cc1OC. The summed E-state index contributed by atoms with van der Waals surface area (Å²) < 4.78 is 38.6. The molecule has 0 bridgehead atoms. The van der Waals surface area contributed by atoms with E-state index in [1.807, 2.05) is 6.92 Å². The number of rotatable bonds is 9. The number of nitrogens with zero attached hydrogens (tertiary/aromatic N) is 1. The van der Waals surface area contributed by atoms with Crippen LogP contribution in [0.1, 0.15) is 11.1 Å². The zero-order valence-electron chi connectivity index (χ0n) is 18.5. The quantitative estimate of drug-likeness (QED) is 0.488.